The van der Waals surface area contributed by atoms with Crippen LogP contribution in [0.1, 0.15) is 49.5 Å². The molecular formula is C20H27N5O2. The maximum Gasteiger partial charge on any atom is 0.251 e. The highest BCUT2D eigenvalue weighted by Gasteiger charge is 2.40. The van der Waals surface area contributed by atoms with Crippen molar-refractivity contribution in [3.8, 4) is 0 Å². The van der Waals surface area contributed by atoms with Crippen molar-refractivity contribution in [3.63, 3.8) is 0 Å². The molecule has 2 aromatic heterocycles. The number of carbonyl (C=O) groups is 1. The van der Waals surface area contributed by atoms with Gasteiger partial charge in [0.15, 0.2) is 0 Å². The van der Waals surface area contributed by atoms with Gasteiger partial charge in [-0.25, -0.2) is 4.98 Å². The molecule has 1 saturated heterocycles. The van der Waals surface area contributed by atoms with Crippen molar-refractivity contribution in [2.24, 2.45) is 5.92 Å². The Labute approximate surface area is 158 Å². The second kappa shape index (κ2) is 7.68. The molecule has 2 bridgehead atoms. The van der Waals surface area contributed by atoms with Gasteiger partial charge >= 0.3 is 0 Å². The summed E-state index contributed by atoms with van der Waals surface area (Å²) in [5.41, 5.74) is 2.25. The number of carbonyl (C=O) groups excluding carboxylic acids is 1. The number of fused-ring (bicyclic) bond motifs is 4. The number of piperidine rings is 1. The Morgan fingerprint density at radius 2 is 2.26 bits per heavy atom. The van der Waals surface area contributed by atoms with Crippen LogP contribution in [0.2, 0.25) is 0 Å². The van der Waals surface area contributed by atoms with Crippen LogP contribution < -0.4 is 10.9 Å². The molecular weight excluding hydrogens is 342 g/mol. The smallest absolute Gasteiger partial charge is 0.251 e. The summed E-state index contributed by atoms with van der Waals surface area (Å²) in [6.07, 6.45) is 6.00. The summed E-state index contributed by atoms with van der Waals surface area (Å²) in [6.45, 7) is 5.21. The first-order chi connectivity index (χ1) is 13.2. The van der Waals surface area contributed by atoms with Gasteiger partial charge < -0.3 is 14.9 Å². The van der Waals surface area contributed by atoms with E-state index in [0.717, 1.165) is 43.9 Å². The van der Waals surface area contributed by atoms with Crippen LogP contribution in [-0.4, -0.2) is 45.0 Å². The van der Waals surface area contributed by atoms with Gasteiger partial charge in [0.05, 0.1) is 12.4 Å². The number of aromatic amines is 1. The molecule has 1 fully saturated rings. The predicted molar refractivity (Wildman–Crippen MR) is 102 cm³/mol. The molecule has 2 aliphatic heterocycles. The van der Waals surface area contributed by atoms with Crippen molar-refractivity contribution in [1.29, 1.82) is 0 Å². The van der Waals surface area contributed by atoms with E-state index in [0.29, 0.717) is 24.8 Å². The number of pyridine rings is 1. The summed E-state index contributed by atoms with van der Waals surface area (Å²) in [6, 6.07) is 5.57. The maximum atomic E-state index is 12.6. The summed E-state index contributed by atoms with van der Waals surface area (Å²) in [7, 11) is 0. The van der Waals surface area contributed by atoms with Crippen LogP contribution in [0.15, 0.2) is 35.5 Å². The number of amides is 1. The molecule has 0 spiro atoms. The molecule has 2 aromatic rings. The highest BCUT2D eigenvalue weighted by molar-refractivity contribution is 5.75. The van der Waals surface area contributed by atoms with E-state index in [1.807, 2.05) is 23.8 Å². The highest BCUT2D eigenvalue weighted by atomic mass is 16.1. The molecule has 3 atom stereocenters. The van der Waals surface area contributed by atoms with E-state index in [1.165, 1.54) is 0 Å². The Balaban J connectivity index is 1.59. The molecule has 7 nitrogen and oxygen atoms in total. The van der Waals surface area contributed by atoms with Gasteiger partial charge in [-0.2, -0.15) is 0 Å². The standard InChI is InChI=1S/C20H27N5O2/c1-2-4-19(26)22-9-18-15-7-14(17-5-3-6-20(27)25(17)18)10-24(11-15)12-16-8-21-13-23-16/h3,5-6,8,13-15,18H,2,4,7,9-12H2,1H3,(H,21,23)(H,22,26)/t14-,15+,18+/m1/s1. The molecule has 2 N–H and O–H groups in total. The van der Waals surface area contributed by atoms with E-state index in [4.69, 9.17) is 0 Å². The van der Waals surface area contributed by atoms with E-state index >= 15 is 0 Å². The number of nitrogens with zero attached hydrogens (tertiary/aromatic N) is 3. The quantitative estimate of drug-likeness (QED) is 0.811. The summed E-state index contributed by atoms with van der Waals surface area (Å²) in [5, 5.41) is 3.05. The van der Waals surface area contributed by atoms with Crippen LogP contribution in [0.5, 0.6) is 0 Å². The maximum absolute atomic E-state index is 12.6. The average molecular weight is 369 g/mol. The van der Waals surface area contributed by atoms with Crippen LogP contribution in [-0.2, 0) is 11.3 Å². The molecule has 0 aromatic carbocycles. The summed E-state index contributed by atoms with van der Waals surface area (Å²) in [4.78, 5) is 34.4. The lowest BCUT2D eigenvalue weighted by atomic mass is 9.78. The number of hydrogen-bond donors (Lipinski definition) is 2. The lowest BCUT2D eigenvalue weighted by Crippen LogP contribution is -2.51. The van der Waals surface area contributed by atoms with E-state index < -0.39 is 0 Å². The third-order valence-corrected chi connectivity index (χ3v) is 5.81. The second-order valence-electron chi connectivity index (χ2n) is 7.74. The van der Waals surface area contributed by atoms with Gasteiger partial charge in [-0.15, -0.1) is 0 Å². The van der Waals surface area contributed by atoms with Crippen molar-refractivity contribution in [2.45, 2.75) is 44.7 Å². The van der Waals surface area contributed by atoms with Gasteiger partial charge in [0, 0.05) is 62.2 Å². The normalized spacial score (nSPS) is 24.4. The van der Waals surface area contributed by atoms with Crippen molar-refractivity contribution >= 4 is 5.91 Å². The molecule has 1 amide bonds. The number of aromatic nitrogens is 3. The highest BCUT2D eigenvalue weighted by Crippen LogP contribution is 2.41. The molecule has 0 saturated carbocycles. The molecule has 0 unspecified atom stereocenters. The Kier molecular flexibility index (Phi) is 5.11. The zero-order valence-corrected chi connectivity index (χ0v) is 15.7. The molecule has 27 heavy (non-hydrogen) atoms. The minimum absolute atomic E-state index is 0.00956. The molecule has 4 rings (SSSR count). The van der Waals surface area contributed by atoms with Crippen LogP contribution >= 0.6 is 0 Å². The van der Waals surface area contributed by atoms with Crippen LogP contribution in [0.25, 0.3) is 0 Å². The van der Waals surface area contributed by atoms with E-state index in [2.05, 4.69) is 26.3 Å². The first-order valence-corrected chi connectivity index (χ1v) is 9.83. The lowest BCUT2D eigenvalue weighted by Gasteiger charge is -2.47. The van der Waals surface area contributed by atoms with E-state index in [1.54, 1.807) is 12.4 Å². The van der Waals surface area contributed by atoms with Gasteiger partial charge in [0.2, 0.25) is 5.91 Å². The minimum atomic E-state index is 0.00956. The monoisotopic (exact) mass is 369 g/mol. The minimum Gasteiger partial charge on any atom is -0.354 e. The number of likely N-dealkylation sites (tertiary alicyclic amines) is 1. The van der Waals surface area contributed by atoms with Crippen LogP contribution in [0.3, 0.4) is 0 Å². The Hall–Kier alpha value is -2.41. The fourth-order valence-corrected chi connectivity index (χ4v) is 4.67. The fourth-order valence-electron chi connectivity index (χ4n) is 4.67. The molecule has 0 aliphatic carbocycles. The van der Waals surface area contributed by atoms with Crippen molar-refractivity contribution in [1.82, 2.24) is 24.8 Å². The lowest BCUT2D eigenvalue weighted by molar-refractivity contribution is -0.121. The Bertz CT molecular complexity index is 844. The third kappa shape index (κ3) is 3.69. The molecule has 4 heterocycles. The van der Waals surface area contributed by atoms with Crippen molar-refractivity contribution in [3.05, 3.63) is 52.5 Å². The topological polar surface area (TPSA) is 83.0 Å². The average Bonchev–Trinajstić information content (AvgIpc) is 3.15. The number of nitrogens with one attached hydrogen (secondary N) is 2. The second-order valence-corrected chi connectivity index (χ2v) is 7.74. The molecule has 0 radical (unpaired) electrons. The van der Waals surface area contributed by atoms with Gasteiger partial charge in [-0.3, -0.25) is 14.5 Å². The van der Waals surface area contributed by atoms with Gasteiger partial charge in [-0.1, -0.05) is 13.0 Å². The molecule has 144 valence electrons. The molecule has 2 aliphatic rings. The van der Waals surface area contributed by atoms with Crippen LogP contribution in [0.4, 0.5) is 0 Å². The summed E-state index contributed by atoms with van der Waals surface area (Å²) >= 11 is 0. The van der Waals surface area contributed by atoms with Crippen molar-refractivity contribution < 1.29 is 4.79 Å². The number of rotatable bonds is 6. The van der Waals surface area contributed by atoms with E-state index in [9.17, 15) is 9.59 Å². The zero-order valence-electron chi connectivity index (χ0n) is 15.7. The Morgan fingerprint density at radius 1 is 1.37 bits per heavy atom. The Morgan fingerprint density at radius 3 is 3.04 bits per heavy atom. The van der Waals surface area contributed by atoms with Gasteiger partial charge in [0.1, 0.15) is 0 Å². The fraction of sp³-hybridized carbons (Fsp3) is 0.550. The largest absolute Gasteiger partial charge is 0.354 e. The first kappa shape index (κ1) is 18.0. The predicted octanol–water partition coefficient (Wildman–Crippen LogP) is 1.65. The number of imidazole rings is 1. The number of hydrogen-bond acceptors (Lipinski definition) is 4. The summed E-state index contributed by atoms with van der Waals surface area (Å²) < 4.78 is 1.94. The van der Waals surface area contributed by atoms with Crippen molar-refractivity contribution in [2.75, 3.05) is 19.6 Å². The third-order valence-electron chi connectivity index (χ3n) is 5.81. The zero-order chi connectivity index (χ0) is 18.8. The van der Waals surface area contributed by atoms with E-state index in [-0.39, 0.29) is 17.5 Å². The van der Waals surface area contributed by atoms with Gasteiger partial charge in [-0.05, 0) is 24.8 Å². The SMILES string of the molecule is CCCC(=O)NC[C@H]1[C@H]2C[C@H](CN(Cc3cnc[nH]3)C2)c2cccc(=O)n21. The number of H-pyrrole nitrogens is 1. The molecule has 7 heteroatoms. The summed E-state index contributed by atoms with van der Waals surface area (Å²) in [5.74, 6) is 0.764. The van der Waals surface area contributed by atoms with Crippen LogP contribution in [0, 0.1) is 5.92 Å². The first-order valence-electron chi connectivity index (χ1n) is 9.83. The van der Waals surface area contributed by atoms with Gasteiger partial charge in [0.25, 0.3) is 5.56 Å².